The molecule has 2 saturated heterocycles. The number of nitrogens with zero attached hydrogens (tertiary/aromatic N) is 3. The van der Waals surface area contributed by atoms with Gasteiger partial charge in [0, 0.05) is 25.7 Å². The number of thiophene rings is 1. The van der Waals surface area contributed by atoms with Crippen LogP contribution in [-0.2, 0) is 4.74 Å². The molecule has 2 aliphatic rings. The van der Waals surface area contributed by atoms with Crippen molar-refractivity contribution in [2.45, 2.75) is 44.1 Å². The van der Waals surface area contributed by atoms with Gasteiger partial charge in [0.1, 0.15) is 6.04 Å². The minimum absolute atomic E-state index is 0.0699. The van der Waals surface area contributed by atoms with Gasteiger partial charge in [0.2, 0.25) is 11.8 Å². The SMILES string of the molecule is O=C(c1cccs1)N1CCCC[C@H]1c1nnc(C2CCOCC2)o1. The Morgan fingerprint density at radius 2 is 2.00 bits per heavy atom. The molecule has 7 heteroatoms. The van der Waals surface area contributed by atoms with E-state index >= 15 is 0 Å². The number of hydrogen-bond donors (Lipinski definition) is 0. The monoisotopic (exact) mass is 347 g/mol. The maximum absolute atomic E-state index is 12.8. The molecule has 2 aromatic rings. The third-order valence-electron chi connectivity index (χ3n) is 4.81. The van der Waals surface area contributed by atoms with Crippen molar-refractivity contribution >= 4 is 17.2 Å². The second kappa shape index (κ2) is 7.03. The Hall–Kier alpha value is -1.73. The Labute approximate surface area is 144 Å². The Balaban J connectivity index is 1.54. The van der Waals surface area contributed by atoms with Crippen LogP contribution in [-0.4, -0.2) is 40.8 Å². The summed E-state index contributed by atoms with van der Waals surface area (Å²) in [6, 6.07) is 3.68. The molecule has 24 heavy (non-hydrogen) atoms. The van der Waals surface area contributed by atoms with Crippen molar-refractivity contribution in [2.75, 3.05) is 19.8 Å². The normalized spacial score (nSPS) is 22.7. The van der Waals surface area contributed by atoms with Crippen molar-refractivity contribution in [1.29, 1.82) is 0 Å². The number of aromatic nitrogens is 2. The number of likely N-dealkylation sites (tertiary alicyclic amines) is 1. The van der Waals surface area contributed by atoms with Crippen molar-refractivity contribution in [1.82, 2.24) is 15.1 Å². The van der Waals surface area contributed by atoms with Gasteiger partial charge >= 0.3 is 0 Å². The van der Waals surface area contributed by atoms with Crippen LogP contribution in [0.5, 0.6) is 0 Å². The minimum atomic E-state index is -0.102. The van der Waals surface area contributed by atoms with E-state index in [1.54, 1.807) is 0 Å². The van der Waals surface area contributed by atoms with Gasteiger partial charge < -0.3 is 14.1 Å². The highest BCUT2D eigenvalue weighted by molar-refractivity contribution is 7.12. The molecule has 1 atom stereocenters. The topological polar surface area (TPSA) is 68.5 Å². The second-order valence-corrected chi connectivity index (χ2v) is 7.30. The van der Waals surface area contributed by atoms with Crippen LogP contribution in [0.4, 0.5) is 0 Å². The lowest BCUT2D eigenvalue weighted by Gasteiger charge is -2.33. The number of ether oxygens (including phenoxy) is 1. The zero-order valence-corrected chi connectivity index (χ0v) is 14.3. The molecule has 2 fully saturated rings. The third-order valence-corrected chi connectivity index (χ3v) is 5.67. The zero-order chi connectivity index (χ0) is 16.4. The highest BCUT2D eigenvalue weighted by atomic mass is 32.1. The average molecular weight is 347 g/mol. The summed E-state index contributed by atoms with van der Waals surface area (Å²) in [4.78, 5) is 15.5. The van der Waals surface area contributed by atoms with Gasteiger partial charge in [0.15, 0.2) is 0 Å². The van der Waals surface area contributed by atoms with Crippen LogP contribution < -0.4 is 0 Å². The number of rotatable bonds is 3. The maximum atomic E-state index is 12.8. The Kier molecular flexibility index (Phi) is 4.62. The van der Waals surface area contributed by atoms with Gasteiger partial charge in [-0.1, -0.05) is 6.07 Å². The van der Waals surface area contributed by atoms with Gasteiger partial charge in [-0.15, -0.1) is 21.5 Å². The molecule has 0 N–H and O–H groups in total. The van der Waals surface area contributed by atoms with Crippen LogP contribution >= 0.6 is 11.3 Å². The predicted molar refractivity (Wildman–Crippen MR) is 89.0 cm³/mol. The van der Waals surface area contributed by atoms with Crippen molar-refractivity contribution in [3.63, 3.8) is 0 Å². The molecule has 0 radical (unpaired) electrons. The molecule has 0 spiro atoms. The summed E-state index contributed by atoms with van der Waals surface area (Å²) in [5.74, 6) is 1.63. The first kappa shape index (κ1) is 15.8. The predicted octanol–water partition coefficient (Wildman–Crippen LogP) is 3.39. The largest absolute Gasteiger partial charge is 0.423 e. The molecule has 0 bridgehead atoms. The highest BCUT2D eigenvalue weighted by Gasteiger charge is 2.33. The number of carbonyl (C=O) groups is 1. The summed E-state index contributed by atoms with van der Waals surface area (Å²) in [6.07, 6.45) is 4.82. The molecule has 0 aliphatic carbocycles. The van der Waals surface area contributed by atoms with E-state index in [0.29, 0.717) is 11.8 Å². The average Bonchev–Trinajstić information content (AvgIpc) is 3.34. The summed E-state index contributed by atoms with van der Waals surface area (Å²) in [5, 5.41) is 10.5. The summed E-state index contributed by atoms with van der Waals surface area (Å²) < 4.78 is 11.4. The van der Waals surface area contributed by atoms with Gasteiger partial charge in [-0.3, -0.25) is 4.79 Å². The standard InChI is InChI=1S/C17H21N3O3S/c21-17(14-5-3-11-24-14)20-8-2-1-4-13(20)16-19-18-15(23-16)12-6-9-22-10-7-12/h3,5,11-13H,1-2,4,6-10H2/t13-/m0/s1. The fourth-order valence-electron chi connectivity index (χ4n) is 3.46. The molecule has 4 heterocycles. The van der Waals surface area contributed by atoms with Gasteiger partial charge in [0.05, 0.1) is 4.88 Å². The Morgan fingerprint density at radius 3 is 2.79 bits per heavy atom. The molecule has 128 valence electrons. The van der Waals surface area contributed by atoms with E-state index < -0.39 is 0 Å². The fourth-order valence-corrected chi connectivity index (χ4v) is 4.14. The van der Waals surface area contributed by atoms with E-state index in [2.05, 4.69) is 10.2 Å². The quantitative estimate of drug-likeness (QED) is 0.851. The van der Waals surface area contributed by atoms with Gasteiger partial charge in [-0.25, -0.2) is 0 Å². The number of carbonyl (C=O) groups excluding carboxylic acids is 1. The number of piperidine rings is 1. The lowest BCUT2D eigenvalue weighted by molar-refractivity contribution is 0.0566. The minimum Gasteiger partial charge on any atom is -0.423 e. The number of hydrogen-bond acceptors (Lipinski definition) is 6. The van der Waals surface area contributed by atoms with E-state index in [0.717, 1.165) is 56.7 Å². The summed E-state index contributed by atoms with van der Waals surface area (Å²) in [5.41, 5.74) is 0. The van der Waals surface area contributed by atoms with E-state index in [1.807, 2.05) is 22.4 Å². The molecule has 1 amide bonds. The van der Waals surface area contributed by atoms with E-state index in [-0.39, 0.29) is 17.9 Å². The molecule has 0 aromatic carbocycles. The lowest BCUT2D eigenvalue weighted by Crippen LogP contribution is -2.38. The van der Waals surface area contributed by atoms with Crippen LogP contribution in [0, 0.1) is 0 Å². The lowest BCUT2D eigenvalue weighted by atomic mass is 10.0. The third kappa shape index (κ3) is 3.10. The van der Waals surface area contributed by atoms with Gasteiger partial charge in [0.25, 0.3) is 5.91 Å². The van der Waals surface area contributed by atoms with Crippen LogP contribution in [0.25, 0.3) is 0 Å². The van der Waals surface area contributed by atoms with Gasteiger partial charge in [-0.05, 0) is 43.6 Å². The van der Waals surface area contributed by atoms with Crippen molar-refractivity contribution < 1.29 is 13.9 Å². The zero-order valence-electron chi connectivity index (χ0n) is 13.5. The smallest absolute Gasteiger partial charge is 0.264 e. The molecular weight excluding hydrogens is 326 g/mol. The first-order chi connectivity index (χ1) is 11.8. The van der Waals surface area contributed by atoms with Crippen LogP contribution in [0.2, 0.25) is 0 Å². The first-order valence-electron chi connectivity index (χ1n) is 8.58. The van der Waals surface area contributed by atoms with Crippen LogP contribution in [0.1, 0.15) is 65.5 Å². The summed E-state index contributed by atoms with van der Waals surface area (Å²) in [7, 11) is 0. The molecule has 2 aliphatic heterocycles. The van der Waals surface area contributed by atoms with Crippen LogP contribution in [0.15, 0.2) is 21.9 Å². The highest BCUT2D eigenvalue weighted by Crippen LogP contribution is 2.34. The summed E-state index contributed by atoms with van der Waals surface area (Å²) >= 11 is 1.48. The fraction of sp³-hybridized carbons (Fsp3) is 0.588. The second-order valence-electron chi connectivity index (χ2n) is 6.35. The first-order valence-corrected chi connectivity index (χ1v) is 9.46. The van der Waals surface area contributed by atoms with Crippen LogP contribution in [0.3, 0.4) is 0 Å². The van der Waals surface area contributed by atoms with E-state index in [9.17, 15) is 4.79 Å². The Morgan fingerprint density at radius 1 is 1.17 bits per heavy atom. The van der Waals surface area contributed by atoms with Gasteiger partial charge in [-0.2, -0.15) is 0 Å². The molecule has 2 aromatic heterocycles. The molecule has 4 rings (SSSR count). The van der Waals surface area contributed by atoms with Crippen molar-refractivity contribution in [3.05, 3.63) is 34.2 Å². The summed E-state index contributed by atoms with van der Waals surface area (Å²) in [6.45, 7) is 2.24. The molecule has 0 saturated carbocycles. The van der Waals surface area contributed by atoms with Crippen molar-refractivity contribution in [2.24, 2.45) is 0 Å². The number of amides is 1. The maximum Gasteiger partial charge on any atom is 0.264 e. The molecule has 0 unspecified atom stereocenters. The molecule has 6 nitrogen and oxygen atoms in total. The Bertz CT molecular complexity index is 679. The van der Waals surface area contributed by atoms with Crippen molar-refractivity contribution in [3.8, 4) is 0 Å². The van der Waals surface area contributed by atoms with E-state index in [1.165, 1.54) is 11.3 Å². The van der Waals surface area contributed by atoms with E-state index in [4.69, 9.17) is 9.15 Å². The molecular formula is C17H21N3O3S.